The van der Waals surface area contributed by atoms with Crippen LogP contribution >= 0.6 is 0 Å². The largest absolute Gasteiger partial charge is 0.504 e. The van der Waals surface area contributed by atoms with E-state index in [-0.39, 0.29) is 29.1 Å². The summed E-state index contributed by atoms with van der Waals surface area (Å²) in [5, 5.41) is 19.8. The Labute approximate surface area is 200 Å². The van der Waals surface area contributed by atoms with E-state index in [0.29, 0.717) is 30.8 Å². The Kier molecular flexibility index (Phi) is 8.42. The maximum Gasteiger partial charge on any atom is 0.302 e. The third-order valence-electron chi connectivity index (χ3n) is 6.68. The lowest BCUT2D eigenvalue weighted by atomic mass is 9.74. The van der Waals surface area contributed by atoms with Gasteiger partial charge in [0.2, 0.25) is 0 Å². The summed E-state index contributed by atoms with van der Waals surface area (Å²) in [4.78, 5) is 24.9. The molecule has 2 aromatic carbocycles. The molecule has 1 aliphatic carbocycles. The fraction of sp³-hybridized carbons (Fsp3) is 0.481. The van der Waals surface area contributed by atoms with Gasteiger partial charge >= 0.3 is 5.97 Å². The molecule has 0 spiro atoms. The summed E-state index contributed by atoms with van der Waals surface area (Å²) in [5.74, 6) is 0.545. The number of carbonyl (C=O) groups excluding carboxylic acids is 2. The van der Waals surface area contributed by atoms with Gasteiger partial charge in [-0.15, -0.1) is 0 Å². The standard InChI is InChI=1S/C27H34O7/c1-18(28)34-22(9-6-19-7-10-23(30)25(14-19)32-2)16-21(29)17-27(12-4-5-13-27)20-8-11-24(31)26(15-20)33-3/h7-8,10-11,14-15,22,30-31H,4-6,9,12-13,16-17H2,1-3H3/t22-/m1/s1. The molecule has 2 aromatic rings. The molecule has 1 aliphatic rings. The summed E-state index contributed by atoms with van der Waals surface area (Å²) in [6.45, 7) is 1.35. The molecule has 0 aromatic heterocycles. The van der Waals surface area contributed by atoms with Crippen LogP contribution in [0.1, 0.15) is 63.0 Å². The van der Waals surface area contributed by atoms with E-state index < -0.39 is 12.1 Å². The monoisotopic (exact) mass is 470 g/mol. The Bertz CT molecular complexity index is 1010. The predicted molar refractivity (Wildman–Crippen MR) is 128 cm³/mol. The maximum atomic E-state index is 13.2. The van der Waals surface area contributed by atoms with Gasteiger partial charge in [0.25, 0.3) is 0 Å². The van der Waals surface area contributed by atoms with Gasteiger partial charge in [0.05, 0.1) is 14.2 Å². The van der Waals surface area contributed by atoms with Gasteiger partial charge in [-0.2, -0.15) is 0 Å². The number of Topliss-reactive ketones (excluding diaryl/α,β-unsaturated/α-hetero) is 1. The van der Waals surface area contributed by atoms with Crippen molar-refractivity contribution < 1.29 is 34.0 Å². The number of phenols is 2. The molecule has 0 unspecified atom stereocenters. The van der Waals surface area contributed by atoms with Crippen molar-refractivity contribution in [2.24, 2.45) is 0 Å². The molecule has 0 amide bonds. The van der Waals surface area contributed by atoms with Gasteiger partial charge in [-0.05, 0) is 61.1 Å². The second-order valence-electron chi connectivity index (χ2n) is 9.07. The lowest BCUT2D eigenvalue weighted by Crippen LogP contribution is -2.29. The highest BCUT2D eigenvalue weighted by molar-refractivity contribution is 5.81. The van der Waals surface area contributed by atoms with Crippen LogP contribution in [0.3, 0.4) is 0 Å². The zero-order chi connectivity index (χ0) is 24.7. The summed E-state index contributed by atoms with van der Waals surface area (Å²) in [6.07, 6.45) is 4.87. The quantitative estimate of drug-likeness (QED) is 0.453. The van der Waals surface area contributed by atoms with Gasteiger partial charge in [-0.3, -0.25) is 9.59 Å². The second-order valence-corrected chi connectivity index (χ2v) is 9.07. The van der Waals surface area contributed by atoms with E-state index in [1.54, 1.807) is 24.3 Å². The van der Waals surface area contributed by atoms with Crippen LogP contribution in [0.15, 0.2) is 36.4 Å². The van der Waals surface area contributed by atoms with Crippen molar-refractivity contribution in [3.05, 3.63) is 47.5 Å². The van der Waals surface area contributed by atoms with Crippen LogP contribution in [0.2, 0.25) is 0 Å². The molecule has 0 aliphatic heterocycles. The van der Waals surface area contributed by atoms with E-state index in [9.17, 15) is 19.8 Å². The number of hydrogen-bond donors (Lipinski definition) is 2. The molecule has 1 fully saturated rings. The molecule has 184 valence electrons. The normalized spacial score (nSPS) is 15.5. The predicted octanol–water partition coefficient (Wildman–Crippen LogP) is 4.84. The third kappa shape index (κ3) is 6.22. The smallest absolute Gasteiger partial charge is 0.302 e. The van der Waals surface area contributed by atoms with E-state index >= 15 is 0 Å². The molecular weight excluding hydrogens is 436 g/mol. The van der Waals surface area contributed by atoms with Crippen LogP contribution in [0.5, 0.6) is 23.0 Å². The molecule has 3 rings (SSSR count). The van der Waals surface area contributed by atoms with E-state index in [4.69, 9.17) is 14.2 Å². The minimum atomic E-state index is -0.530. The zero-order valence-corrected chi connectivity index (χ0v) is 20.1. The van der Waals surface area contributed by atoms with Crippen molar-refractivity contribution in [2.45, 2.75) is 69.8 Å². The summed E-state index contributed by atoms with van der Waals surface area (Å²) in [5.41, 5.74) is 1.61. The first kappa shape index (κ1) is 25.4. The average molecular weight is 471 g/mol. The molecule has 7 heteroatoms. The van der Waals surface area contributed by atoms with Gasteiger partial charge < -0.3 is 24.4 Å². The molecule has 0 saturated heterocycles. The second kappa shape index (κ2) is 11.3. The van der Waals surface area contributed by atoms with Crippen LogP contribution in [0, 0.1) is 0 Å². The molecule has 0 bridgehead atoms. The number of ketones is 1. The Morgan fingerprint density at radius 3 is 2.21 bits per heavy atom. The number of esters is 1. The number of benzene rings is 2. The molecular formula is C27H34O7. The fourth-order valence-electron chi connectivity index (χ4n) is 4.97. The number of rotatable bonds is 11. The van der Waals surface area contributed by atoms with Crippen LogP contribution in [-0.2, 0) is 26.2 Å². The van der Waals surface area contributed by atoms with Crippen molar-refractivity contribution in [3.8, 4) is 23.0 Å². The first-order chi connectivity index (χ1) is 16.3. The number of hydrogen-bond acceptors (Lipinski definition) is 7. The Morgan fingerprint density at radius 2 is 1.59 bits per heavy atom. The highest BCUT2D eigenvalue weighted by Crippen LogP contribution is 2.46. The summed E-state index contributed by atoms with van der Waals surface area (Å²) >= 11 is 0. The van der Waals surface area contributed by atoms with Gasteiger partial charge in [0, 0.05) is 25.2 Å². The first-order valence-corrected chi connectivity index (χ1v) is 11.7. The number of ether oxygens (including phenoxy) is 3. The van der Waals surface area contributed by atoms with Crippen LogP contribution in [0.25, 0.3) is 0 Å². The summed E-state index contributed by atoms with van der Waals surface area (Å²) in [7, 11) is 3.00. The lowest BCUT2D eigenvalue weighted by molar-refractivity contribution is -0.148. The van der Waals surface area contributed by atoms with Crippen molar-refractivity contribution in [2.75, 3.05) is 14.2 Å². The van der Waals surface area contributed by atoms with Crippen molar-refractivity contribution in [1.82, 2.24) is 0 Å². The molecule has 0 radical (unpaired) electrons. The van der Waals surface area contributed by atoms with Crippen LogP contribution in [0.4, 0.5) is 0 Å². The molecule has 7 nitrogen and oxygen atoms in total. The Morgan fingerprint density at radius 1 is 0.971 bits per heavy atom. The molecule has 1 atom stereocenters. The maximum absolute atomic E-state index is 13.2. The van der Waals surface area contributed by atoms with Gasteiger partial charge in [0.1, 0.15) is 11.9 Å². The van der Waals surface area contributed by atoms with Gasteiger partial charge in [0.15, 0.2) is 23.0 Å². The van der Waals surface area contributed by atoms with E-state index in [1.807, 2.05) is 12.1 Å². The first-order valence-electron chi connectivity index (χ1n) is 11.7. The number of aromatic hydroxyl groups is 2. The molecule has 34 heavy (non-hydrogen) atoms. The lowest BCUT2D eigenvalue weighted by Gasteiger charge is -2.30. The highest BCUT2D eigenvalue weighted by Gasteiger charge is 2.38. The van der Waals surface area contributed by atoms with E-state index in [0.717, 1.165) is 36.8 Å². The SMILES string of the molecule is COc1cc(CC[C@H](CC(=O)CC2(c3ccc(O)c(OC)c3)CCCC2)OC(C)=O)ccc1O. The van der Waals surface area contributed by atoms with Crippen LogP contribution in [-0.4, -0.2) is 42.3 Å². The summed E-state index contributed by atoms with van der Waals surface area (Å²) < 4.78 is 15.9. The molecule has 1 saturated carbocycles. The van der Waals surface area contributed by atoms with Crippen molar-refractivity contribution in [1.29, 1.82) is 0 Å². The Balaban J connectivity index is 1.71. The zero-order valence-electron chi connectivity index (χ0n) is 20.1. The molecule has 2 N–H and O–H groups in total. The van der Waals surface area contributed by atoms with Crippen LogP contribution < -0.4 is 9.47 Å². The van der Waals surface area contributed by atoms with Crippen molar-refractivity contribution in [3.63, 3.8) is 0 Å². The number of methoxy groups -OCH3 is 2. The number of phenolic OH excluding ortho intramolecular Hbond substituents is 2. The average Bonchev–Trinajstić information content (AvgIpc) is 3.27. The van der Waals surface area contributed by atoms with E-state index in [2.05, 4.69) is 0 Å². The third-order valence-corrected chi connectivity index (χ3v) is 6.68. The summed E-state index contributed by atoms with van der Waals surface area (Å²) in [6, 6.07) is 10.4. The van der Waals surface area contributed by atoms with Crippen molar-refractivity contribution >= 4 is 11.8 Å². The minimum absolute atomic E-state index is 0.0449. The van der Waals surface area contributed by atoms with Gasteiger partial charge in [-0.1, -0.05) is 25.0 Å². The number of aryl methyl sites for hydroxylation is 1. The topological polar surface area (TPSA) is 102 Å². The number of carbonyl (C=O) groups is 2. The Hall–Kier alpha value is -3.22. The molecule has 0 heterocycles. The van der Waals surface area contributed by atoms with Gasteiger partial charge in [-0.25, -0.2) is 0 Å². The highest BCUT2D eigenvalue weighted by atomic mass is 16.5. The fourth-order valence-corrected chi connectivity index (χ4v) is 4.97. The van der Waals surface area contributed by atoms with E-state index in [1.165, 1.54) is 21.1 Å². The minimum Gasteiger partial charge on any atom is -0.504 e.